The first kappa shape index (κ1) is 17.7. The van der Waals surface area contributed by atoms with Crippen LogP contribution in [0.3, 0.4) is 0 Å². The van der Waals surface area contributed by atoms with Crippen molar-refractivity contribution in [3.63, 3.8) is 0 Å². The minimum atomic E-state index is -0.341. The highest BCUT2D eigenvalue weighted by atomic mass is 16.5. The molecular formula is C17H30N4O3. The van der Waals surface area contributed by atoms with E-state index in [4.69, 9.17) is 9.47 Å². The molecule has 24 heavy (non-hydrogen) atoms. The second kappa shape index (κ2) is 7.82. The van der Waals surface area contributed by atoms with Crippen LogP contribution in [-0.2, 0) is 11.8 Å². The van der Waals surface area contributed by atoms with Crippen LogP contribution in [0.2, 0.25) is 0 Å². The highest BCUT2D eigenvalue weighted by molar-refractivity contribution is 5.35. The molecule has 3 rings (SSSR count). The molecule has 2 aliphatic heterocycles. The van der Waals surface area contributed by atoms with E-state index in [2.05, 4.69) is 14.9 Å². The lowest BCUT2D eigenvalue weighted by Gasteiger charge is -2.32. The Balaban J connectivity index is 1.65. The Kier molecular flexibility index (Phi) is 5.76. The predicted molar refractivity (Wildman–Crippen MR) is 91.3 cm³/mol. The molecule has 1 N–H and O–H groups in total. The SMILES string of the molecule is COc1c(C2CCCN2CC(O)CN2CCOCC2)c(C)nn1C. The van der Waals surface area contributed by atoms with E-state index in [9.17, 15) is 5.11 Å². The Labute approximate surface area is 144 Å². The van der Waals surface area contributed by atoms with Crippen molar-refractivity contribution in [2.75, 3.05) is 53.0 Å². The zero-order valence-electron chi connectivity index (χ0n) is 15.1. The fraction of sp³-hybridized carbons (Fsp3) is 0.824. The third kappa shape index (κ3) is 3.74. The number of aliphatic hydroxyl groups excluding tert-OH is 1. The molecule has 2 atom stereocenters. The van der Waals surface area contributed by atoms with Gasteiger partial charge in [0, 0.05) is 39.3 Å². The Bertz CT molecular complexity index is 542. The van der Waals surface area contributed by atoms with Crippen molar-refractivity contribution < 1.29 is 14.6 Å². The van der Waals surface area contributed by atoms with Crippen LogP contribution in [0.1, 0.15) is 30.1 Å². The highest BCUT2D eigenvalue weighted by Crippen LogP contribution is 2.38. The van der Waals surface area contributed by atoms with E-state index >= 15 is 0 Å². The zero-order valence-corrected chi connectivity index (χ0v) is 15.1. The molecule has 136 valence electrons. The molecule has 7 heteroatoms. The average Bonchev–Trinajstić information content (AvgIpc) is 3.11. The molecule has 7 nitrogen and oxygen atoms in total. The highest BCUT2D eigenvalue weighted by Gasteiger charge is 2.33. The number of aliphatic hydroxyl groups is 1. The lowest BCUT2D eigenvalue weighted by Crippen LogP contribution is -2.44. The van der Waals surface area contributed by atoms with Crippen molar-refractivity contribution in [2.45, 2.75) is 31.9 Å². The van der Waals surface area contributed by atoms with Gasteiger partial charge in [-0.1, -0.05) is 0 Å². The Hall–Kier alpha value is -1.15. The van der Waals surface area contributed by atoms with Crippen molar-refractivity contribution >= 4 is 0 Å². The Morgan fingerprint density at radius 2 is 2.04 bits per heavy atom. The number of hydrogen-bond acceptors (Lipinski definition) is 6. The van der Waals surface area contributed by atoms with Crippen LogP contribution in [0.25, 0.3) is 0 Å². The quantitative estimate of drug-likeness (QED) is 0.818. The minimum absolute atomic E-state index is 0.285. The summed E-state index contributed by atoms with van der Waals surface area (Å²) in [5, 5.41) is 15.1. The molecule has 0 aliphatic carbocycles. The van der Waals surface area contributed by atoms with E-state index < -0.39 is 0 Å². The molecule has 2 fully saturated rings. The molecule has 0 bridgehead atoms. The number of ether oxygens (including phenoxy) is 2. The van der Waals surface area contributed by atoms with Gasteiger partial charge in [0.2, 0.25) is 5.88 Å². The van der Waals surface area contributed by atoms with Gasteiger partial charge in [0.15, 0.2) is 0 Å². The van der Waals surface area contributed by atoms with Gasteiger partial charge >= 0.3 is 0 Å². The summed E-state index contributed by atoms with van der Waals surface area (Å²) in [4.78, 5) is 4.67. The van der Waals surface area contributed by atoms with Gasteiger partial charge in [-0.15, -0.1) is 0 Å². The molecule has 2 aliphatic rings. The Morgan fingerprint density at radius 3 is 2.75 bits per heavy atom. The largest absolute Gasteiger partial charge is 0.481 e. The number of aromatic nitrogens is 2. The summed E-state index contributed by atoms with van der Waals surface area (Å²) in [5.41, 5.74) is 2.20. The third-order valence-electron chi connectivity index (χ3n) is 5.12. The molecule has 1 aromatic rings. The molecule has 0 amide bonds. The molecule has 1 aromatic heterocycles. The molecule has 2 unspecified atom stereocenters. The summed E-state index contributed by atoms with van der Waals surface area (Å²) in [5.74, 6) is 0.840. The molecule has 2 saturated heterocycles. The summed E-state index contributed by atoms with van der Waals surface area (Å²) < 4.78 is 12.8. The van der Waals surface area contributed by atoms with Crippen molar-refractivity contribution in [1.82, 2.24) is 19.6 Å². The van der Waals surface area contributed by atoms with Crippen molar-refractivity contribution in [2.24, 2.45) is 7.05 Å². The summed E-state index contributed by atoms with van der Waals surface area (Å²) in [6.07, 6.45) is 1.89. The molecular weight excluding hydrogens is 308 g/mol. The molecule has 0 radical (unpaired) electrons. The first-order valence-corrected chi connectivity index (χ1v) is 8.90. The predicted octanol–water partition coefficient (Wildman–Crippen LogP) is 0.567. The fourth-order valence-corrected chi connectivity index (χ4v) is 4.06. The van der Waals surface area contributed by atoms with Gasteiger partial charge in [0.05, 0.1) is 37.7 Å². The van der Waals surface area contributed by atoms with E-state index in [1.165, 1.54) is 5.56 Å². The third-order valence-corrected chi connectivity index (χ3v) is 5.12. The van der Waals surface area contributed by atoms with E-state index in [-0.39, 0.29) is 12.1 Å². The monoisotopic (exact) mass is 338 g/mol. The topological polar surface area (TPSA) is 63.0 Å². The molecule has 0 spiro atoms. The van der Waals surface area contributed by atoms with Gasteiger partial charge in [-0.25, -0.2) is 4.68 Å². The number of rotatable bonds is 6. The lowest BCUT2D eigenvalue weighted by atomic mass is 10.0. The molecule has 0 aromatic carbocycles. The molecule has 3 heterocycles. The van der Waals surface area contributed by atoms with Crippen LogP contribution >= 0.6 is 0 Å². The van der Waals surface area contributed by atoms with Crippen LogP contribution < -0.4 is 4.74 Å². The van der Waals surface area contributed by atoms with Crippen LogP contribution in [0.15, 0.2) is 0 Å². The number of likely N-dealkylation sites (tertiary alicyclic amines) is 1. The second-order valence-corrected chi connectivity index (χ2v) is 6.85. The smallest absolute Gasteiger partial charge is 0.216 e. The summed E-state index contributed by atoms with van der Waals surface area (Å²) in [7, 11) is 3.62. The number of aryl methyl sites for hydroxylation is 2. The van der Waals surface area contributed by atoms with Crippen molar-refractivity contribution in [1.29, 1.82) is 0 Å². The normalized spacial score (nSPS) is 24.4. The minimum Gasteiger partial charge on any atom is -0.481 e. The summed E-state index contributed by atoms with van der Waals surface area (Å²) in [6, 6.07) is 0.285. The van der Waals surface area contributed by atoms with E-state index in [0.29, 0.717) is 6.54 Å². The number of morpholine rings is 1. The van der Waals surface area contributed by atoms with E-state index in [0.717, 1.165) is 63.8 Å². The van der Waals surface area contributed by atoms with Gasteiger partial charge < -0.3 is 14.6 Å². The zero-order chi connectivity index (χ0) is 17.1. The number of β-amino-alcohol motifs (C(OH)–C–C–N with tert-alkyl or cyclic N) is 1. The maximum absolute atomic E-state index is 10.6. The van der Waals surface area contributed by atoms with Gasteiger partial charge in [-0.2, -0.15) is 5.10 Å². The van der Waals surface area contributed by atoms with Crippen LogP contribution in [0, 0.1) is 6.92 Å². The van der Waals surface area contributed by atoms with Crippen LogP contribution in [-0.4, -0.2) is 83.8 Å². The standard InChI is InChI=1S/C17H30N4O3/c1-13-16(17(23-3)19(2)18-13)15-5-4-6-21(15)12-14(22)11-20-7-9-24-10-8-20/h14-15,22H,4-12H2,1-3H3. The number of nitrogens with zero attached hydrogens (tertiary/aromatic N) is 4. The first-order chi connectivity index (χ1) is 11.6. The summed E-state index contributed by atoms with van der Waals surface area (Å²) in [6.45, 7) is 7.83. The molecule has 0 saturated carbocycles. The van der Waals surface area contributed by atoms with Gasteiger partial charge in [-0.05, 0) is 26.3 Å². The van der Waals surface area contributed by atoms with Gasteiger partial charge in [0.25, 0.3) is 0 Å². The fourth-order valence-electron chi connectivity index (χ4n) is 4.06. The van der Waals surface area contributed by atoms with Crippen LogP contribution in [0.4, 0.5) is 0 Å². The van der Waals surface area contributed by atoms with Crippen LogP contribution in [0.5, 0.6) is 5.88 Å². The van der Waals surface area contributed by atoms with E-state index in [1.54, 1.807) is 7.11 Å². The summed E-state index contributed by atoms with van der Waals surface area (Å²) >= 11 is 0. The average molecular weight is 338 g/mol. The number of methoxy groups -OCH3 is 1. The van der Waals surface area contributed by atoms with Gasteiger partial charge in [-0.3, -0.25) is 9.80 Å². The van der Waals surface area contributed by atoms with Gasteiger partial charge in [0.1, 0.15) is 0 Å². The maximum atomic E-state index is 10.6. The van der Waals surface area contributed by atoms with Crippen molar-refractivity contribution in [3.05, 3.63) is 11.3 Å². The second-order valence-electron chi connectivity index (χ2n) is 6.85. The van der Waals surface area contributed by atoms with Crippen molar-refractivity contribution in [3.8, 4) is 5.88 Å². The Morgan fingerprint density at radius 1 is 1.29 bits per heavy atom. The maximum Gasteiger partial charge on any atom is 0.216 e. The lowest BCUT2D eigenvalue weighted by molar-refractivity contribution is 0.00576. The number of hydrogen-bond donors (Lipinski definition) is 1. The van der Waals surface area contributed by atoms with E-state index in [1.807, 2.05) is 18.7 Å². The first-order valence-electron chi connectivity index (χ1n) is 8.90.